The Morgan fingerprint density at radius 3 is 2.57 bits per heavy atom. The molecule has 1 saturated heterocycles. The van der Waals surface area contributed by atoms with Gasteiger partial charge in [0.25, 0.3) is 0 Å². The minimum Gasteiger partial charge on any atom is -0.481 e. The van der Waals surface area contributed by atoms with Gasteiger partial charge in [-0.2, -0.15) is 5.10 Å². The molecular formula is C21H30N4O3. The Kier molecular flexibility index (Phi) is 6.67. The number of hydrogen-bond donors (Lipinski definition) is 2. The SMILES string of the molecule is CCC(Cc1ccc(-n2c(C)nn(CCC3CCNCC3)c2=O)cc1)C(=O)O. The normalized spacial score (nSPS) is 16.2. The predicted molar refractivity (Wildman–Crippen MR) is 108 cm³/mol. The van der Waals surface area contributed by atoms with Gasteiger partial charge in [0, 0.05) is 6.54 Å². The fourth-order valence-electron chi connectivity index (χ4n) is 3.91. The van der Waals surface area contributed by atoms with Gasteiger partial charge in [0.15, 0.2) is 0 Å². The lowest BCUT2D eigenvalue weighted by molar-refractivity contribution is -0.141. The van der Waals surface area contributed by atoms with Crippen molar-refractivity contribution < 1.29 is 9.90 Å². The molecule has 7 heteroatoms. The first-order valence-corrected chi connectivity index (χ1v) is 10.2. The molecule has 7 nitrogen and oxygen atoms in total. The summed E-state index contributed by atoms with van der Waals surface area (Å²) < 4.78 is 3.20. The monoisotopic (exact) mass is 386 g/mol. The Bertz CT molecular complexity index is 848. The van der Waals surface area contributed by atoms with Crippen LogP contribution in [0.1, 0.15) is 44.0 Å². The summed E-state index contributed by atoms with van der Waals surface area (Å²) in [7, 11) is 0. The molecule has 1 fully saturated rings. The molecule has 0 saturated carbocycles. The summed E-state index contributed by atoms with van der Waals surface area (Å²) >= 11 is 0. The number of hydrogen-bond acceptors (Lipinski definition) is 4. The van der Waals surface area contributed by atoms with Gasteiger partial charge in [-0.1, -0.05) is 19.1 Å². The lowest BCUT2D eigenvalue weighted by atomic mass is 9.95. The van der Waals surface area contributed by atoms with Gasteiger partial charge in [0.2, 0.25) is 0 Å². The topological polar surface area (TPSA) is 89.2 Å². The smallest absolute Gasteiger partial charge is 0.350 e. The number of nitrogens with zero attached hydrogens (tertiary/aromatic N) is 3. The predicted octanol–water partition coefficient (Wildman–Crippen LogP) is 2.39. The second-order valence-electron chi connectivity index (χ2n) is 7.68. The molecule has 2 N–H and O–H groups in total. The fourth-order valence-corrected chi connectivity index (χ4v) is 3.91. The molecule has 1 aliphatic heterocycles. The number of carbonyl (C=O) groups is 1. The summed E-state index contributed by atoms with van der Waals surface area (Å²) in [6, 6.07) is 7.55. The highest BCUT2D eigenvalue weighted by atomic mass is 16.4. The number of nitrogens with one attached hydrogen (secondary N) is 1. The van der Waals surface area contributed by atoms with E-state index in [1.807, 2.05) is 38.1 Å². The van der Waals surface area contributed by atoms with E-state index in [9.17, 15) is 14.7 Å². The van der Waals surface area contributed by atoms with Crippen molar-refractivity contribution in [3.05, 3.63) is 46.1 Å². The average Bonchev–Trinajstić information content (AvgIpc) is 2.99. The Labute approximate surface area is 165 Å². The van der Waals surface area contributed by atoms with E-state index in [4.69, 9.17) is 0 Å². The van der Waals surface area contributed by atoms with Crippen molar-refractivity contribution in [3.63, 3.8) is 0 Å². The standard InChI is InChI=1S/C21H30N4O3/c1-3-18(20(26)27)14-17-4-6-19(7-5-17)25-15(2)23-24(21(25)28)13-10-16-8-11-22-12-9-16/h4-7,16,18,22H,3,8-14H2,1-2H3,(H,26,27). The van der Waals surface area contributed by atoms with E-state index >= 15 is 0 Å². The minimum atomic E-state index is -0.770. The third kappa shape index (κ3) is 4.70. The average molecular weight is 386 g/mol. The van der Waals surface area contributed by atoms with Crippen LogP contribution < -0.4 is 11.0 Å². The van der Waals surface area contributed by atoms with Gasteiger partial charge in [-0.25, -0.2) is 14.0 Å². The van der Waals surface area contributed by atoms with E-state index in [2.05, 4.69) is 10.4 Å². The first kappa shape index (κ1) is 20.3. The summed E-state index contributed by atoms with van der Waals surface area (Å²) in [6.45, 7) is 6.48. The highest BCUT2D eigenvalue weighted by molar-refractivity contribution is 5.70. The summed E-state index contributed by atoms with van der Waals surface area (Å²) in [5.74, 6) is 0.167. The lowest BCUT2D eigenvalue weighted by Crippen LogP contribution is -2.30. The van der Waals surface area contributed by atoms with Crippen LogP contribution in [0.4, 0.5) is 0 Å². The third-order valence-corrected chi connectivity index (χ3v) is 5.73. The molecule has 1 aromatic heterocycles. The molecule has 2 heterocycles. The van der Waals surface area contributed by atoms with Crippen LogP contribution >= 0.6 is 0 Å². The Hall–Kier alpha value is -2.41. The van der Waals surface area contributed by atoms with Gasteiger partial charge >= 0.3 is 11.7 Å². The van der Waals surface area contributed by atoms with E-state index in [0.29, 0.717) is 31.1 Å². The summed E-state index contributed by atoms with van der Waals surface area (Å²) in [6.07, 6.45) is 4.38. The fraction of sp³-hybridized carbons (Fsp3) is 0.571. The van der Waals surface area contributed by atoms with E-state index < -0.39 is 5.97 Å². The number of aromatic nitrogens is 3. The molecule has 0 spiro atoms. The van der Waals surface area contributed by atoms with Gasteiger partial charge in [-0.05, 0) is 75.7 Å². The number of piperidine rings is 1. The number of carboxylic acids is 1. The molecule has 2 aromatic rings. The van der Waals surface area contributed by atoms with Crippen molar-refractivity contribution in [2.24, 2.45) is 11.8 Å². The quantitative estimate of drug-likeness (QED) is 0.727. The van der Waals surface area contributed by atoms with Crippen LogP contribution in [0.5, 0.6) is 0 Å². The summed E-state index contributed by atoms with van der Waals surface area (Å²) in [5.41, 5.74) is 1.61. The van der Waals surface area contributed by atoms with Crippen LogP contribution in [-0.4, -0.2) is 38.5 Å². The zero-order valence-electron chi connectivity index (χ0n) is 16.7. The maximum Gasteiger partial charge on any atom is 0.350 e. The number of rotatable bonds is 8. The highest BCUT2D eigenvalue weighted by Gasteiger charge is 2.18. The molecule has 1 atom stereocenters. The highest BCUT2D eigenvalue weighted by Crippen LogP contribution is 2.17. The van der Waals surface area contributed by atoms with Gasteiger partial charge in [-0.15, -0.1) is 0 Å². The Balaban J connectivity index is 1.71. The molecule has 3 rings (SSSR count). The minimum absolute atomic E-state index is 0.115. The van der Waals surface area contributed by atoms with Crippen molar-refractivity contribution in [3.8, 4) is 5.69 Å². The Morgan fingerprint density at radius 2 is 1.96 bits per heavy atom. The van der Waals surface area contributed by atoms with Crippen molar-refractivity contribution >= 4 is 5.97 Å². The zero-order chi connectivity index (χ0) is 20.1. The molecule has 0 aliphatic carbocycles. The Morgan fingerprint density at radius 1 is 1.29 bits per heavy atom. The lowest BCUT2D eigenvalue weighted by Gasteiger charge is -2.22. The zero-order valence-corrected chi connectivity index (χ0v) is 16.7. The van der Waals surface area contributed by atoms with E-state index in [1.165, 1.54) is 0 Å². The van der Waals surface area contributed by atoms with Gasteiger partial charge in [-0.3, -0.25) is 4.79 Å². The van der Waals surface area contributed by atoms with Crippen LogP contribution in [-0.2, 0) is 17.8 Å². The first-order chi connectivity index (χ1) is 13.5. The van der Waals surface area contributed by atoms with Crippen LogP contribution in [0.2, 0.25) is 0 Å². The number of aryl methyl sites for hydroxylation is 2. The molecule has 0 amide bonds. The molecular weight excluding hydrogens is 356 g/mol. The maximum atomic E-state index is 12.8. The second-order valence-corrected chi connectivity index (χ2v) is 7.68. The molecule has 28 heavy (non-hydrogen) atoms. The number of aliphatic carboxylic acids is 1. The second kappa shape index (κ2) is 9.19. The van der Waals surface area contributed by atoms with Gasteiger partial charge in [0.1, 0.15) is 5.82 Å². The van der Waals surface area contributed by atoms with E-state index in [0.717, 1.165) is 43.6 Å². The van der Waals surface area contributed by atoms with Crippen LogP contribution in [0.25, 0.3) is 5.69 Å². The molecule has 152 valence electrons. The molecule has 0 bridgehead atoms. The number of carboxylic acid groups (broad SMARTS) is 1. The van der Waals surface area contributed by atoms with Gasteiger partial charge < -0.3 is 10.4 Å². The van der Waals surface area contributed by atoms with Gasteiger partial charge in [0.05, 0.1) is 11.6 Å². The third-order valence-electron chi connectivity index (χ3n) is 5.73. The maximum absolute atomic E-state index is 12.8. The van der Waals surface area contributed by atoms with E-state index in [-0.39, 0.29) is 11.6 Å². The molecule has 0 radical (unpaired) electrons. The molecule has 1 aromatic carbocycles. The number of benzene rings is 1. The van der Waals surface area contributed by atoms with Crippen molar-refractivity contribution in [1.29, 1.82) is 0 Å². The van der Waals surface area contributed by atoms with Crippen molar-refractivity contribution in [2.45, 2.75) is 52.5 Å². The van der Waals surface area contributed by atoms with Crippen LogP contribution in [0.3, 0.4) is 0 Å². The summed E-state index contributed by atoms with van der Waals surface area (Å²) in [5, 5.41) is 17.0. The van der Waals surface area contributed by atoms with Crippen LogP contribution in [0.15, 0.2) is 29.1 Å². The van der Waals surface area contributed by atoms with E-state index in [1.54, 1.807) is 9.25 Å². The van der Waals surface area contributed by atoms with Crippen molar-refractivity contribution in [1.82, 2.24) is 19.7 Å². The largest absolute Gasteiger partial charge is 0.481 e. The van der Waals surface area contributed by atoms with Crippen molar-refractivity contribution in [2.75, 3.05) is 13.1 Å². The first-order valence-electron chi connectivity index (χ1n) is 10.2. The molecule has 1 unspecified atom stereocenters. The molecule has 1 aliphatic rings. The summed E-state index contributed by atoms with van der Waals surface area (Å²) in [4.78, 5) is 24.1. The van der Waals surface area contributed by atoms with Crippen LogP contribution in [0, 0.1) is 18.8 Å².